The monoisotopic (exact) mass is 472 g/mol. The summed E-state index contributed by atoms with van der Waals surface area (Å²) in [5.74, 6) is 0.627. The lowest BCUT2D eigenvalue weighted by Crippen LogP contribution is -2.49. The van der Waals surface area contributed by atoms with Gasteiger partial charge in [-0.1, -0.05) is 29.8 Å². The third kappa shape index (κ3) is 5.06. The van der Waals surface area contributed by atoms with Crippen LogP contribution in [0.3, 0.4) is 0 Å². The highest BCUT2D eigenvalue weighted by Gasteiger charge is 2.43. The fourth-order valence-corrected chi connectivity index (χ4v) is 5.95. The van der Waals surface area contributed by atoms with Crippen molar-refractivity contribution in [3.05, 3.63) is 59.7 Å². The van der Waals surface area contributed by atoms with E-state index in [1.807, 2.05) is 19.1 Å². The zero-order chi connectivity index (χ0) is 23.6. The van der Waals surface area contributed by atoms with Crippen LogP contribution in [-0.4, -0.2) is 93.3 Å². The summed E-state index contributed by atoms with van der Waals surface area (Å²) in [6, 6.07) is 14.1. The van der Waals surface area contributed by atoms with Gasteiger partial charge in [-0.05, 0) is 43.8 Å². The number of likely N-dealkylation sites (N-methyl/N-ethyl adjacent to an activating group) is 1. The Balaban J connectivity index is 1.63. The Bertz CT molecular complexity index is 1060. The van der Waals surface area contributed by atoms with Crippen LogP contribution in [0.2, 0.25) is 0 Å². The van der Waals surface area contributed by atoms with Crippen LogP contribution in [0.25, 0.3) is 0 Å². The van der Waals surface area contributed by atoms with Gasteiger partial charge in [0, 0.05) is 39.3 Å². The van der Waals surface area contributed by atoms with Gasteiger partial charge in [0.2, 0.25) is 15.9 Å². The molecular weight excluding hydrogens is 440 g/mol. The van der Waals surface area contributed by atoms with E-state index in [0.717, 1.165) is 37.3 Å². The summed E-state index contributed by atoms with van der Waals surface area (Å²) >= 11 is 0. The molecule has 9 heteroatoms. The van der Waals surface area contributed by atoms with Crippen molar-refractivity contribution in [3.8, 4) is 5.75 Å². The molecule has 2 fully saturated rings. The summed E-state index contributed by atoms with van der Waals surface area (Å²) in [5.41, 5.74) is 1.74. The van der Waals surface area contributed by atoms with Crippen LogP contribution in [0.1, 0.15) is 17.3 Å². The summed E-state index contributed by atoms with van der Waals surface area (Å²) in [5, 5.41) is 0. The molecule has 2 aromatic rings. The Labute approximate surface area is 196 Å². The third-order valence-electron chi connectivity index (χ3n) is 6.45. The maximum atomic E-state index is 13.6. The van der Waals surface area contributed by atoms with Gasteiger partial charge in [-0.15, -0.1) is 0 Å². The summed E-state index contributed by atoms with van der Waals surface area (Å²) in [6.07, 6.45) is -0.692. The van der Waals surface area contributed by atoms with Gasteiger partial charge in [-0.25, -0.2) is 8.42 Å². The maximum Gasteiger partial charge on any atom is 0.245 e. The molecule has 2 aliphatic heterocycles. The number of hydrogen-bond acceptors (Lipinski definition) is 6. The molecule has 178 valence electrons. The van der Waals surface area contributed by atoms with E-state index in [9.17, 15) is 13.2 Å². The van der Waals surface area contributed by atoms with Gasteiger partial charge in [0.25, 0.3) is 0 Å². The largest absolute Gasteiger partial charge is 0.497 e. The standard InChI is InChI=1S/C24H32N4O4S/c1-19-4-10-22(11-5-19)33(30,31)28-17-16-27(23(29)18-26-14-12-25(2)13-15-26)24(28)20-6-8-21(32-3)9-7-20/h4-11,24H,12-18H2,1-3H3/t24-/m0/s1. The van der Waals surface area contributed by atoms with E-state index in [4.69, 9.17) is 4.74 Å². The van der Waals surface area contributed by atoms with Crippen molar-refractivity contribution in [2.75, 3.05) is 60.0 Å². The maximum absolute atomic E-state index is 13.6. The van der Waals surface area contributed by atoms with E-state index in [0.29, 0.717) is 18.8 Å². The summed E-state index contributed by atoms with van der Waals surface area (Å²) in [4.78, 5) is 19.7. The molecule has 33 heavy (non-hydrogen) atoms. The number of hydrogen-bond donors (Lipinski definition) is 0. The van der Waals surface area contributed by atoms with Gasteiger partial charge >= 0.3 is 0 Å². The smallest absolute Gasteiger partial charge is 0.245 e. The minimum Gasteiger partial charge on any atom is -0.497 e. The second kappa shape index (κ2) is 9.80. The quantitative estimate of drug-likeness (QED) is 0.638. The number of amides is 1. The van der Waals surface area contributed by atoms with Crippen molar-refractivity contribution < 1.29 is 17.9 Å². The molecule has 2 saturated heterocycles. The second-order valence-corrected chi connectivity index (χ2v) is 10.6. The number of sulfonamides is 1. The zero-order valence-corrected chi connectivity index (χ0v) is 20.3. The van der Waals surface area contributed by atoms with E-state index < -0.39 is 16.2 Å². The summed E-state index contributed by atoms with van der Waals surface area (Å²) in [6.45, 7) is 6.31. The van der Waals surface area contributed by atoms with Crippen molar-refractivity contribution in [2.45, 2.75) is 18.0 Å². The van der Waals surface area contributed by atoms with Crippen molar-refractivity contribution in [1.29, 1.82) is 0 Å². The SMILES string of the molecule is COc1ccc([C@H]2N(C(=O)CN3CCN(C)CC3)CCN2S(=O)(=O)c2ccc(C)cc2)cc1. The van der Waals surface area contributed by atoms with Gasteiger partial charge in [0.05, 0.1) is 18.6 Å². The van der Waals surface area contributed by atoms with Crippen molar-refractivity contribution in [1.82, 2.24) is 19.0 Å². The number of nitrogens with zero attached hydrogens (tertiary/aromatic N) is 4. The normalized spacial score (nSPS) is 20.8. The van der Waals surface area contributed by atoms with Gasteiger partial charge in [-0.3, -0.25) is 9.69 Å². The molecule has 0 saturated carbocycles. The molecule has 1 amide bonds. The summed E-state index contributed by atoms with van der Waals surface area (Å²) in [7, 11) is -0.123. The number of carbonyl (C=O) groups excluding carboxylic acids is 1. The molecule has 0 bridgehead atoms. The first-order valence-corrected chi connectivity index (χ1v) is 12.7. The molecule has 8 nitrogen and oxygen atoms in total. The van der Waals surface area contributed by atoms with Crippen molar-refractivity contribution in [3.63, 3.8) is 0 Å². The van der Waals surface area contributed by atoms with Crippen molar-refractivity contribution >= 4 is 15.9 Å². The number of aryl methyl sites for hydroxylation is 1. The molecule has 0 aromatic heterocycles. The van der Waals surface area contributed by atoms with Gasteiger partial charge in [0.1, 0.15) is 11.9 Å². The fourth-order valence-electron chi connectivity index (χ4n) is 4.38. The lowest BCUT2D eigenvalue weighted by molar-refractivity contribution is -0.134. The number of methoxy groups -OCH3 is 1. The predicted octanol–water partition coefficient (Wildman–Crippen LogP) is 1.78. The average Bonchev–Trinajstić information content (AvgIpc) is 3.27. The third-order valence-corrected chi connectivity index (χ3v) is 8.31. The molecule has 0 unspecified atom stereocenters. The Morgan fingerprint density at radius 2 is 1.58 bits per heavy atom. The first-order valence-electron chi connectivity index (χ1n) is 11.2. The van der Waals surface area contributed by atoms with E-state index in [-0.39, 0.29) is 17.3 Å². The van der Waals surface area contributed by atoms with Crippen LogP contribution in [0, 0.1) is 6.92 Å². The molecule has 4 rings (SSSR count). The van der Waals surface area contributed by atoms with Gasteiger partial charge in [0.15, 0.2) is 0 Å². The van der Waals surface area contributed by atoms with Crippen LogP contribution in [-0.2, 0) is 14.8 Å². The Morgan fingerprint density at radius 1 is 0.939 bits per heavy atom. The number of carbonyl (C=O) groups is 1. The number of ether oxygens (including phenoxy) is 1. The topological polar surface area (TPSA) is 73.4 Å². The first-order chi connectivity index (χ1) is 15.8. The second-order valence-electron chi connectivity index (χ2n) is 8.74. The molecule has 1 atom stereocenters. The first kappa shape index (κ1) is 23.7. The van der Waals surface area contributed by atoms with Crippen LogP contribution >= 0.6 is 0 Å². The Kier molecular flexibility index (Phi) is 7.04. The zero-order valence-electron chi connectivity index (χ0n) is 19.5. The summed E-state index contributed by atoms with van der Waals surface area (Å²) < 4.78 is 33.9. The Morgan fingerprint density at radius 3 is 2.18 bits per heavy atom. The fraction of sp³-hybridized carbons (Fsp3) is 0.458. The molecule has 2 heterocycles. The average molecular weight is 473 g/mol. The van der Waals surface area contributed by atoms with E-state index in [1.165, 1.54) is 4.31 Å². The Hall–Kier alpha value is -2.46. The van der Waals surface area contributed by atoms with Crippen LogP contribution < -0.4 is 4.74 Å². The lowest BCUT2D eigenvalue weighted by Gasteiger charge is -2.35. The van der Waals surface area contributed by atoms with Gasteiger partial charge < -0.3 is 14.5 Å². The molecule has 0 N–H and O–H groups in total. The van der Waals surface area contributed by atoms with Gasteiger partial charge in [-0.2, -0.15) is 4.31 Å². The highest BCUT2D eigenvalue weighted by atomic mass is 32.2. The van der Waals surface area contributed by atoms with Crippen molar-refractivity contribution in [2.24, 2.45) is 0 Å². The van der Waals surface area contributed by atoms with Crippen LogP contribution in [0.4, 0.5) is 0 Å². The van der Waals surface area contributed by atoms with Crippen LogP contribution in [0.15, 0.2) is 53.4 Å². The highest BCUT2D eigenvalue weighted by Crippen LogP contribution is 2.36. The van der Waals surface area contributed by atoms with E-state index in [2.05, 4.69) is 16.8 Å². The molecule has 0 radical (unpaired) electrons. The minimum absolute atomic E-state index is 0.0537. The molecule has 2 aromatic carbocycles. The van der Waals surface area contributed by atoms with Crippen LogP contribution in [0.5, 0.6) is 5.75 Å². The van der Waals surface area contributed by atoms with E-state index >= 15 is 0 Å². The molecule has 0 aliphatic carbocycles. The minimum atomic E-state index is -3.79. The lowest BCUT2D eigenvalue weighted by atomic mass is 10.1. The molecule has 2 aliphatic rings. The number of rotatable bonds is 6. The number of piperazine rings is 1. The predicted molar refractivity (Wildman–Crippen MR) is 126 cm³/mol. The highest BCUT2D eigenvalue weighted by molar-refractivity contribution is 7.89. The molecule has 0 spiro atoms. The van der Waals surface area contributed by atoms with E-state index in [1.54, 1.807) is 48.4 Å². The number of benzene rings is 2. The molecular formula is C24H32N4O4S.